The molecule has 0 amide bonds. The minimum atomic E-state index is 0.669. The standard InChI is InChI=1S/C9H17N3S/c1-3-5-12(4-2)6-8-7-13-9(10)11-8/h7H,3-6H2,1-2H3,(H2,10,11). The second kappa shape index (κ2) is 5.19. The van der Waals surface area contributed by atoms with E-state index >= 15 is 0 Å². The number of nitrogen functional groups attached to an aromatic ring is 1. The molecule has 0 fully saturated rings. The molecule has 1 aromatic heterocycles. The highest BCUT2D eigenvalue weighted by molar-refractivity contribution is 7.13. The third-order valence-corrected chi connectivity index (χ3v) is 2.66. The quantitative estimate of drug-likeness (QED) is 0.788. The molecule has 1 aromatic rings. The number of rotatable bonds is 5. The summed E-state index contributed by atoms with van der Waals surface area (Å²) in [6, 6.07) is 0. The minimum absolute atomic E-state index is 0.669. The molecule has 4 heteroatoms. The van der Waals surface area contributed by atoms with E-state index in [0.717, 1.165) is 25.3 Å². The van der Waals surface area contributed by atoms with Gasteiger partial charge in [-0.2, -0.15) is 0 Å². The number of nitrogens with zero attached hydrogens (tertiary/aromatic N) is 2. The Morgan fingerprint density at radius 1 is 1.54 bits per heavy atom. The molecule has 0 aromatic carbocycles. The first kappa shape index (κ1) is 10.5. The van der Waals surface area contributed by atoms with Crippen molar-refractivity contribution in [2.24, 2.45) is 0 Å². The lowest BCUT2D eigenvalue weighted by molar-refractivity contribution is 0.278. The van der Waals surface area contributed by atoms with Crippen LogP contribution in [0.3, 0.4) is 0 Å². The molecule has 74 valence electrons. The van der Waals surface area contributed by atoms with E-state index in [0.29, 0.717) is 5.13 Å². The zero-order chi connectivity index (χ0) is 9.68. The van der Waals surface area contributed by atoms with Crippen molar-refractivity contribution in [3.63, 3.8) is 0 Å². The molecule has 0 aliphatic carbocycles. The van der Waals surface area contributed by atoms with E-state index in [-0.39, 0.29) is 0 Å². The maximum Gasteiger partial charge on any atom is 0.180 e. The SMILES string of the molecule is CCCN(CC)Cc1csc(N)n1. The molecule has 2 N–H and O–H groups in total. The largest absolute Gasteiger partial charge is 0.375 e. The van der Waals surface area contributed by atoms with Crippen LogP contribution >= 0.6 is 11.3 Å². The van der Waals surface area contributed by atoms with Gasteiger partial charge < -0.3 is 5.73 Å². The highest BCUT2D eigenvalue weighted by Gasteiger charge is 2.04. The van der Waals surface area contributed by atoms with Crippen LogP contribution in [-0.2, 0) is 6.54 Å². The van der Waals surface area contributed by atoms with E-state index in [1.807, 2.05) is 5.38 Å². The summed E-state index contributed by atoms with van der Waals surface area (Å²) in [6.07, 6.45) is 1.19. The zero-order valence-corrected chi connectivity index (χ0v) is 9.10. The second-order valence-electron chi connectivity index (χ2n) is 3.05. The highest BCUT2D eigenvalue weighted by atomic mass is 32.1. The van der Waals surface area contributed by atoms with Gasteiger partial charge in [-0.3, -0.25) is 4.90 Å². The highest BCUT2D eigenvalue weighted by Crippen LogP contribution is 2.12. The minimum Gasteiger partial charge on any atom is -0.375 e. The summed E-state index contributed by atoms with van der Waals surface area (Å²) in [4.78, 5) is 6.60. The maximum atomic E-state index is 5.56. The monoisotopic (exact) mass is 199 g/mol. The molecule has 13 heavy (non-hydrogen) atoms. The van der Waals surface area contributed by atoms with E-state index in [4.69, 9.17) is 5.73 Å². The molecule has 0 atom stereocenters. The molecule has 3 nitrogen and oxygen atoms in total. The Morgan fingerprint density at radius 2 is 2.31 bits per heavy atom. The second-order valence-corrected chi connectivity index (χ2v) is 3.94. The first-order valence-corrected chi connectivity index (χ1v) is 5.56. The fourth-order valence-corrected chi connectivity index (χ4v) is 1.84. The fourth-order valence-electron chi connectivity index (χ4n) is 1.29. The van der Waals surface area contributed by atoms with Crippen LogP contribution in [0.5, 0.6) is 0 Å². The van der Waals surface area contributed by atoms with Gasteiger partial charge in [0.1, 0.15) is 0 Å². The van der Waals surface area contributed by atoms with Crippen molar-refractivity contribution in [2.75, 3.05) is 18.8 Å². The molecule has 0 bridgehead atoms. The first-order chi connectivity index (χ1) is 6.26. The van der Waals surface area contributed by atoms with Crippen LogP contribution in [0.25, 0.3) is 0 Å². The van der Waals surface area contributed by atoms with E-state index in [2.05, 4.69) is 23.7 Å². The molecule has 0 unspecified atom stereocenters. The van der Waals surface area contributed by atoms with Crippen LogP contribution in [0.2, 0.25) is 0 Å². The Morgan fingerprint density at radius 3 is 2.77 bits per heavy atom. The third-order valence-electron chi connectivity index (χ3n) is 1.94. The van der Waals surface area contributed by atoms with E-state index in [9.17, 15) is 0 Å². The average molecular weight is 199 g/mol. The summed E-state index contributed by atoms with van der Waals surface area (Å²) in [7, 11) is 0. The van der Waals surface area contributed by atoms with Gasteiger partial charge in [-0.25, -0.2) is 4.98 Å². The predicted octanol–water partition coefficient (Wildman–Crippen LogP) is 1.96. The molecule has 1 heterocycles. The van der Waals surface area contributed by atoms with Crippen molar-refractivity contribution in [3.8, 4) is 0 Å². The number of nitrogens with two attached hydrogens (primary N) is 1. The van der Waals surface area contributed by atoms with Gasteiger partial charge in [0, 0.05) is 11.9 Å². The fraction of sp³-hybridized carbons (Fsp3) is 0.667. The van der Waals surface area contributed by atoms with Crippen molar-refractivity contribution < 1.29 is 0 Å². The van der Waals surface area contributed by atoms with E-state index in [1.54, 1.807) is 0 Å². The van der Waals surface area contributed by atoms with Crippen LogP contribution < -0.4 is 5.73 Å². The molecule has 0 aliphatic rings. The molecular weight excluding hydrogens is 182 g/mol. The van der Waals surface area contributed by atoms with Gasteiger partial charge in [0.2, 0.25) is 0 Å². The smallest absolute Gasteiger partial charge is 0.180 e. The van der Waals surface area contributed by atoms with Crippen LogP contribution in [0.15, 0.2) is 5.38 Å². The zero-order valence-electron chi connectivity index (χ0n) is 8.29. The summed E-state index contributed by atoms with van der Waals surface area (Å²) in [5.74, 6) is 0. The maximum absolute atomic E-state index is 5.56. The van der Waals surface area contributed by atoms with Gasteiger partial charge in [0.25, 0.3) is 0 Å². The van der Waals surface area contributed by atoms with Gasteiger partial charge >= 0.3 is 0 Å². The number of anilines is 1. The summed E-state index contributed by atoms with van der Waals surface area (Å²) in [5.41, 5.74) is 6.65. The van der Waals surface area contributed by atoms with Gasteiger partial charge in [-0.1, -0.05) is 13.8 Å². The lowest BCUT2D eigenvalue weighted by atomic mass is 10.3. The van der Waals surface area contributed by atoms with Crippen LogP contribution in [0.4, 0.5) is 5.13 Å². The Balaban J connectivity index is 2.46. The first-order valence-electron chi connectivity index (χ1n) is 4.68. The van der Waals surface area contributed by atoms with Gasteiger partial charge in [0.15, 0.2) is 5.13 Å². The Bertz CT molecular complexity index is 247. The number of aromatic nitrogens is 1. The predicted molar refractivity (Wildman–Crippen MR) is 57.8 cm³/mol. The third kappa shape index (κ3) is 3.32. The molecule has 0 saturated heterocycles. The molecular formula is C9H17N3S. The van der Waals surface area contributed by atoms with Crippen molar-refractivity contribution in [3.05, 3.63) is 11.1 Å². The van der Waals surface area contributed by atoms with Gasteiger partial charge in [-0.15, -0.1) is 11.3 Å². The van der Waals surface area contributed by atoms with Gasteiger partial charge in [0.05, 0.1) is 5.69 Å². The Labute approximate surface area is 83.6 Å². The van der Waals surface area contributed by atoms with E-state index in [1.165, 1.54) is 17.8 Å². The Hall–Kier alpha value is -0.610. The molecule has 0 spiro atoms. The summed E-state index contributed by atoms with van der Waals surface area (Å²) < 4.78 is 0. The summed E-state index contributed by atoms with van der Waals surface area (Å²) in [5, 5.41) is 2.70. The van der Waals surface area contributed by atoms with Crippen molar-refractivity contribution in [1.82, 2.24) is 9.88 Å². The molecule has 0 saturated carbocycles. The van der Waals surface area contributed by atoms with Crippen LogP contribution in [0.1, 0.15) is 26.0 Å². The van der Waals surface area contributed by atoms with Crippen molar-refractivity contribution in [2.45, 2.75) is 26.8 Å². The lowest BCUT2D eigenvalue weighted by Gasteiger charge is -2.17. The molecule has 0 radical (unpaired) electrons. The van der Waals surface area contributed by atoms with E-state index < -0.39 is 0 Å². The van der Waals surface area contributed by atoms with Crippen molar-refractivity contribution in [1.29, 1.82) is 0 Å². The number of hydrogen-bond acceptors (Lipinski definition) is 4. The number of thiazole rings is 1. The average Bonchev–Trinajstić information content (AvgIpc) is 2.50. The van der Waals surface area contributed by atoms with Crippen LogP contribution in [-0.4, -0.2) is 23.0 Å². The van der Waals surface area contributed by atoms with Crippen LogP contribution in [0, 0.1) is 0 Å². The van der Waals surface area contributed by atoms with Gasteiger partial charge in [-0.05, 0) is 19.5 Å². The summed E-state index contributed by atoms with van der Waals surface area (Å²) in [6.45, 7) is 7.50. The molecule has 1 rings (SSSR count). The lowest BCUT2D eigenvalue weighted by Crippen LogP contribution is -2.23. The normalized spacial score (nSPS) is 11.0. The topological polar surface area (TPSA) is 42.1 Å². The Kier molecular flexibility index (Phi) is 4.18. The number of hydrogen-bond donors (Lipinski definition) is 1. The molecule has 0 aliphatic heterocycles. The van der Waals surface area contributed by atoms with Crippen molar-refractivity contribution >= 4 is 16.5 Å². The summed E-state index contributed by atoms with van der Waals surface area (Å²) >= 11 is 1.51.